The molecule has 0 saturated heterocycles. The number of imidazole rings is 1. The molecule has 0 aliphatic heterocycles. The molecule has 0 spiro atoms. The molecule has 0 unspecified atom stereocenters. The van der Waals surface area contributed by atoms with Gasteiger partial charge in [0, 0.05) is 43.5 Å². The van der Waals surface area contributed by atoms with Crippen molar-refractivity contribution in [1.82, 2.24) is 40.1 Å². The van der Waals surface area contributed by atoms with Gasteiger partial charge in [0.2, 0.25) is 6.29 Å². The topological polar surface area (TPSA) is 136 Å². The molecule has 0 aliphatic rings. The molecule has 0 fully saturated rings. The molecule has 43 heavy (non-hydrogen) atoms. The monoisotopic (exact) mass is 576 g/mol. The van der Waals surface area contributed by atoms with Crippen LogP contribution >= 0.6 is 0 Å². The van der Waals surface area contributed by atoms with E-state index in [2.05, 4.69) is 67.4 Å². The highest BCUT2D eigenvalue weighted by Gasteiger charge is 2.23. The number of hydrogen-bond acceptors (Lipinski definition) is 8. The molecule has 218 valence electrons. The van der Waals surface area contributed by atoms with Gasteiger partial charge in [0.15, 0.2) is 11.5 Å². The number of nitrogens with one attached hydrogen (secondary N) is 2. The molecular weight excluding hydrogens is 544 g/mol. The van der Waals surface area contributed by atoms with Gasteiger partial charge in [0.1, 0.15) is 17.0 Å². The Kier molecular flexibility index (Phi) is 8.16. The maximum absolute atomic E-state index is 12.8. The summed E-state index contributed by atoms with van der Waals surface area (Å²) < 4.78 is 13.4. The first-order valence-corrected chi connectivity index (χ1v) is 14.2. The van der Waals surface area contributed by atoms with E-state index in [1.807, 2.05) is 24.3 Å². The quantitative estimate of drug-likeness (QED) is 0.198. The fraction of sp³-hybridized carbons (Fsp3) is 0.250. The van der Waals surface area contributed by atoms with Gasteiger partial charge in [-0.1, -0.05) is 61.9 Å². The average molecular weight is 577 g/mol. The van der Waals surface area contributed by atoms with Crippen LogP contribution in [0.25, 0.3) is 44.8 Å². The number of rotatable bonds is 11. The molecule has 2 aromatic carbocycles. The van der Waals surface area contributed by atoms with Crippen molar-refractivity contribution in [3.05, 3.63) is 100 Å². The van der Waals surface area contributed by atoms with Crippen molar-refractivity contribution in [3.8, 4) is 33.6 Å². The van der Waals surface area contributed by atoms with Crippen LogP contribution in [0.5, 0.6) is 0 Å². The molecule has 0 saturated carbocycles. The molecular formula is C32H32N8O3. The summed E-state index contributed by atoms with van der Waals surface area (Å²) in [6.07, 6.45) is 3.68. The summed E-state index contributed by atoms with van der Waals surface area (Å²) in [4.78, 5) is 25.6. The number of nitrogens with zero attached hydrogens (tertiary/aromatic N) is 6. The molecule has 6 aromatic rings. The van der Waals surface area contributed by atoms with E-state index in [1.54, 1.807) is 32.5 Å². The SMILES string of the molecule is CCCCc1nc2cc(-c3ccc[nH]c3=O)c(C(OC)OC)nc2n1Cc1ccc(-c2ccccc2-c2nnn[nH]2)cc1. The fourth-order valence-corrected chi connectivity index (χ4v) is 5.34. The third-order valence-corrected chi connectivity index (χ3v) is 7.48. The van der Waals surface area contributed by atoms with Crippen molar-refractivity contribution >= 4 is 11.2 Å². The van der Waals surface area contributed by atoms with Crippen LogP contribution in [0.3, 0.4) is 0 Å². The van der Waals surface area contributed by atoms with Gasteiger partial charge in [-0.15, -0.1) is 5.10 Å². The molecule has 0 bridgehead atoms. The van der Waals surface area contributed by atoms with E-state index in [0.29, 0.717) is 40.4 Å². The van der Waals surface area contributed by atoms with Crippen molar-refractivity contribution < 1.29 is 9.47 Å². The Bertz CT molecular complexity index is 1890. The number of aromatic nitrogens is 8. The summed E-state index contributed by atoms with van der Waals surface area (Å²) in [7, 11) is 3.11. The molecule has 0 radical (unpaired) electrons. The second-order valence-corrected chi connectivity index (χ2v) is 10.2. The number of tetrazole rings is 1. The highest BCUT2D eigenvalue weighted by molar-refractivity contribution is 5.82. The molecule has 0 aliphatic carbocycles. The van der Waals surface area contributed by atoms with E-state index in [0.717, 1.165) is 47.3 Å². The minimum Gasteiger partial charge on any atom is -0.350 e. The molecule has 2 N–H and O–H groups in total. The van der Waals surface area contributed by atoms with Crippen LogP contribution in [0.15, 0.2) is 77.7 Å². The lowest BCUT2D eigenvalue weighted by atomic mass is 9.98. The van der Waals surface area contributed by atoms with Gasteiger partial charge in [0.05, 0.1) is 6.54 Å². The van der Waals surface area contributed by atoms with Gasteiger partial charge in [-0.25, -0.2) is 15.1 Å². The molecule has 0 amide bonds. The highest BCUT2D eigenvalue weighted by Crippen LogP contribution is 2.32. The number of unbranched alkanes of at least 4 members (excludes halogenated alkanes) is 1. The van der Waals surface area contributed by atoms with E-state index in [-0.39, 0.29) is 5.56 Å². The summed E-state index contributed by atoms with van der Waals surface area (Å²) in [6, 6.07) is 21.9. The maximum atomic E-state index is 12.8. The number of hydrogen-bond donors (Lipinski definition) is 2. The van der Waals surface area contributed by atoms with Gasteiger partial charge >= 0.3 is 0 Å². The number of H-pyrrole nitrogens is 2. The fourth-order valence-electron chi connectivity index (χ4n) is 5.34. The first-order chi connectivity index (χ1) is 21.1. The third-order valence-electron chi connectivity index (χ3n) is 7.48. The molecule has 4 aromatic heterocycles. The van der Waals surface area contributed by atoms with Crippen molar-refractivity contribution in [2.75, 3.05) is 14.2 Å². The summed E-state index contributed by atoms with van der Waals surface area (Å²) >= 11 is 0. The Morgan fingerprint density at radius 2 is 1.67 bits per heavy atom. The predicted molar refractivity (Wildman–Crippen MR) is 163 cm³/mol. The predicted octanol–water partition coefficient (Wildman–Crippen LogP) is 5.32. The van der Waals surface area contributed by atoms with E-state index in [4.69, 9.17) is 19.4 Å². The number of aromatic amines is 2. The maximum Gasteiger partial charge on any atom is 0.255 e. The van der Waals surface area contributed by atoms with E-state index >= 15 is 0 Å². The van der Waals surface area contributed by atoms with Crippen LogP contribution in [0.2, 0.25) is 0 Å². The Hall–Kier alpha value is -5.00. The second-order valence-electron chi connectivity index (χ2n) is 10.2. The smallest absolute Gasteiger partial charge is 0.255 e. The van der Waals surface area contributed by atoms with Crippen molar-refractivity contribution in [1.29, 1.82) is 0 Å². The van der Waals surface area contributed by atoms with Gasteiger partial charge in [-0.05, 0) is 51.7 Å². The van der Waals surface area contributed by atoms with Crippen LogP contribution in [0, 0.1) is 0 Å². The van der Waals surface area contributed by atoms with Crippen molar-refractivity contribution in [2.45, 2.75) is 39.0 Å². The van der Waals surface area contributed by atoms with E-state index < -0.39 is 6.29 Å². The van der Waals surface area contributed by atoms with Gasteiger partial charge in [-0.3, -0.25) is 4.79 Å². The summed E-state index contributed by atoms with van der Waals surface area (Å²) in [5, 5.41) is 14.4. The number of methoxy groups -OCH3 is 2. The normalized spacial score (nSPS) is 11.5. The Labute approximate surface area is 248 Å². The average Bonchev–Trinajstić information content (AvgIpc) is 3.70. The van der Waals surface area contributed by atoms with E-state index in [9.17, 15) is 4.79 Å². The first kappa shape index (κ1) is 28.1. The van der Waals surface area contributed by atoms with Crippen molar-refractivity contribution in [2.24, 2.45) is 0 Å². The van der Waals surface area contributed by atoms with Gasteiger partial charge < -0.3 is 19.0 Å². The number of ether oxygens (including phenoxy) is 2. The Balaban J connectivity index is 1.42. The Morgan fingerprint density at radius 3 is 2.37 bits per heavy atom. The van der Waals surface area contributed by atoms with Gasteiger partial charge in [0.25, 0.3) is 5.56 Å². The molecule has 4 heterocycles. The molecule has 11 nitrogen and oxygen atoms in total. The number of aryl methyl sites for hydroxylation is 1. The number of fused-ring (bicyclic) bond motifs is 1. The largest absolute Gasteiger partial charge is 0.350 e. The third kappa shape index (κ3) is 5.60. The molecule has 6 rings (SSSR count). The zero-order valence-electron chi connectivity index (χ0n) is 24.2. The number of benzene rings is 2. The Morgan fingerprint density at radius 1 is 0.907 bits per heavy atom. The lowest BCUT2D eigenvalue weighted by molar-refractivity contribution is -0.108. The molecule has 0 atom stereocenters. The number of pyridine rings is 2. The second kappa shape index (κ2) is 12.5. The molecule has 11 heteroatoms. The van der Waals surface area contributed by atoms with Crippen molar-refractivity contribution in [3.63, 3.8) is 0 Å². The first-order valence-electron chi connectivity index (χ1n) is 14.2. The van der Waals surface area contributed by atoms with Gasteiger partial charge in [-0.2, -0.15) is 0 Å². The zero-order valence-corrected chi connectivity index (χ0v) is 24.2. The highest BCUT2D eigenvalue weighted by atomic mass is 16.7. The van der Waals surface area contributed by atoms with Crippen LogP contribution in [-0.2, 0) is 22.4 Å². The van der Waals surface area contributed by atoms with E-state index in [1.165, 1.54) is 0 Å². The minimum absolute atomic E-state index is 0.220. The minimum atomic E-state index is -0.764. The standard InChI is InChI=1S/C32H32N8O3/c1-4-5-12-27-34-26-18-25(24-11-8-17-33-31(24)41)28(32(42-2)43-3)35-30(26)40(27)19-20-13-15-21(16-14-20)22-9-6-7-10-23(22)29-36-38-39-37-29/h6-11,13-18,32H,4-5,12,19H2,1-3H3,(H,33,41)(H,36,37,38,39). The van der Waals surface area contributed by atoms with Crippen LogP contribution in [0.4, 0.5) is 0 Å². The van der Waals surface area contributed by atoms with Crippen LogP contribution < -0.4 is 5.56 Å². The zero-order chi connectivity index (χ0) is 29.8. The lowest BCUT2D eigenvalue weighted by Crippen LogP contribution is -2.14. The summed E-state index contributed by atoms with van der Waals surface area (Å²) in [5.74, 6) is 1.56. The summed E-state index contributed by atoms with van der Waals surface area (Å²) in [5.41, 5.74) is 6.94. The lowest BCUT2D eigenvalue weighted by Gasteiger charge is -2.17. The summed E-state index contributed by atoms with van der Waals surface area (Å²) in [6.45, 7) is 2.74. The van der Waals surface area contributed by atoms with Crippen LogP contribution in [-0.4, -0.2) is 54.4 Å². The van der Waals surface area contributed by atoms with Crippen LogP contribution in [0.1, 0.15) is 43.1 Å².